The molecule has 2 aromatic rings. The third kappa shape index (κ3) is 3.51. The SMILES string of the molecule is CCC(C)c1ccc(Oc2nc(C)nc(NC)c2C)cc1. The van der Waals surface area contributed by atoms with Gasteiger partial charge >= 0.3 is 0 Å². The van der Waals surface area contributed by atoms with Crippen molar-refractivity contribution >= 4 is 5.82 Å². The zero-order valence-corrected chi connectivity index (χ0v) is 13.4. The van der Waals surface area contributed by atoms with E-state index < -0.39 is 0 Å². The molecule has 0 radical (unpaired) electrons. The fraction of sp³-hybridized carbons (Fsp3) is 0.412. The van der Waals surface area contributed by atoms with Gasteiger partial charge in [-0.3, -0.25) is 0 Å². The Hall–Kier alpha value is -2.10. The molecule has 0 aliphatic carbocycles. The second kappa shape index (κ2) is 6.57. The van der Waals surface area contributed by atoms with Crippen LogP contribution in [-0.2, 0) is 0 Å². The van der Waals surface area contributed by atoms with Crippen LogP contribution in [0, 0.1) is 13.8 Å². The van der Waals surface area contributed by atoms with E-state index in [4.69, 9.17) is 4.74 Å². The van der Waals surface area contributed by atoms with Crippen molar-refractivity contribution in [2.45, 2.75) is 40.0 Å². The third-order valence-electron chi connectivity index (χ3n) is 3.73. The largest absolute Gasteiger partial charge is 0.439 e. The van der Waals surface area contributed by atoms with Crippen LogP contribution in [0.1, 0.15) is 43.1 Å². The first-order valence-corrected chi connectivity index (χ1v) is 7.36. The molecular weight excluding hydrogens is 262 g/mol. The standard InChI is InChI=1S/C17H23N3O/c1-6-11(2)14-7-9-15(10-8-14)21-17-12(3)16(18-5)19-13(4)20-17/h7-11H,6H2,1-5H3,(H,18,19,20). The number of anilines is 1. The van der Waals surface area contributed by atoms with Crippen LogP contribution in [-0.4, -0.2) is 17.0 Å². The summed E-state index contributed by atoms with van der Waals surface area (Å²) in [5.74, 6) is 3.45. The van der Waals surface area contributed by atoms with Crippen LogP contribution in [0.4, 0.5) is 5.82 Å². The van der Waals surface area contributed by atoms with Gasteiger partial charge in [-0.25, -0.2) is 4.98 Å². The zero-order valence-electron chi connectivity index (χ0n) is 13.4. The lowest BCUT2D eigenvalue weighted by molar-refractivity contribution is 0.455. The molecule has 21 heavy (non-hydrogen) atoms. The quantitative estimate of drug-likeness (QED) is 0.882. The summed E-state index contributed by atoms with van der Waals surface area (Å²) in [6, 6.07) is 8.23. The molecule has 2 rings (SSSR count). The predicted molar refractivity (Wildman–Crippen MR) is 86.3 cm³/mol. The molecule has 0 bridgehead atoms. The van der Waals surface area contributed by atoms with Gasteiger partial charge in [-0.2, -0.15) is 4.98 Å². The van der Waals surface area contributed by atoms with E-state index in [1.165, 1.54) is 5.56 Å². The van der Waals surface area contributed by atoms with Crippen LogP contribution in [0.25, 0.3) is 0 Å². The number of ether oxygens (including phenoxy) is 1. The van der Waals surface area contributed by atoms with Crippen molar-refractivity contribution in [3.8, 4) is 11.6 Å². The highest BCUT2D eigenvalue weighted by Gasteiger charge is 2.10. The Morgan fingerprint density at radius 1 is 1.14 bits per heavy atom. The average Bonchev–Trinajstić information content (AvgIpc) is 2.50. The number of hydrogen-bond donors (Lipinski definition) is 1. The van der Waals surface area contributed by atoms with Crippen LogP contribution >= 0.6 is 0 Å². The highest BCUT2D eigenvalue weighted by Crippen LogP contribution is 2.28. The molecule has 0 saturated heterocycles. The maximum absolute atomic E-state index is 5.91. The lowest BCUT2D eigenvalue weighted by Crippen LogP contribution is -2.03. The maximum Gasteiger partial charge on any atom is 0.227 e. The van der Waals surface area contributed by atoms with E-state index in [1.807, 2.05) is 33.0 Å². The van der Waals surface area contributed by atoms with Crippen molar-refractivity contribution in [3.05, 3.63) is 41.2 Å². The van der Waals surface area contributed by atoms with Crippen LogP contribution in [0.15, 0.2) is 24.3 Å². The van der Waals surface area contributed by atoms with E-state index >= 15 is 0 Å². The summed E-state index contributed by atoms with van der Waals surface area (Å²) in [6.07, 6.45) is 1.13. The van der Waals surface area contributed by atoms with Gasteiger partial charge in [-0.05, 0) is 43.9 Å². The summed E-state index contributed by atoms with van der Waals surface area (Å²) >= 11 is 0. The molecule has 112 valence electrons. The molecule has 1 aromatic carbocycles. The molecule has 1 unspecified atom stereocenters. The summed E-state index contributed by atoms with van der Waals surface area (Å²) in [5, 5.41) is 3.06. The smallest absolute Gasteiger partial charge is 0.227 e. The molecule has 0 spiro atoms. The molecule has 1 aromatic heterocycles. The van der Waals surface area contributed by atoms with Crippen LogP contribution < -0.4 is 10.1 Å². The fourth-order valence-electron chi connectivity index (χ4n) is 2.16. The highest BCUT2D eigenvalue weighted by atomic mass is 16.5. The van der Waals surface area contributed by atoms with E-state index in [0.29, 0.717) is 17.6 Å². The number of aromatic nitrogens is 2. The molecule has 1 N–H and O–H groups in total. The monoisotopic (exact) mass is 285 g/mol. The Kier molecular flexibility index (Phi) is 4.78. The van der Waals surface area contributed by atoms with Crippen molar-refractivity contribution in [1.82, 2.24) is 9.97 Å². The lowest BCUT2D eigenvalue weighted by atomic mass is 9.99. The molecule has 0 saturated carbocycles. The minimum atomic E-state index is 0.568. The van der Waals surface area contributed by atoms with Gasteiger partial charge in [-0.1, -0.05) is 26.0 Å². The summed E-state index contributed by atoms with van der Waals surface area (Å²) < 4.78 is 5.91. The minimum absolute atomic E-state index is 0.568. The van der Waals surface area contributed by atoms with Gasteiger partial charge in [0, 0.05) is 7.05 Å². The van der Waals surface area contributed by atoms with E-state index in [9.17, 15) is 0 Å². The summed E-state index contributed by atoms with van der Waals surface area (Å²) in [4.78, 5) is 8.72. The normalized spacial score (nSPS) is 12.0. The van der Waals surface area contributed by atoms with E-state index in [2.05, 4.69) is 41.3 Å². The van der Waals surface area contributed by atoms with Crippen molar-refractivity contribution < 1.29 is 4.74 Å². The molecule has 0 aliphatic heterocycles. The van der Waals surface area contributed by atoms with Gasteiger partial charge in [0.05, 0.1) is 5.56 Å². The Labute approximate surface area is 126 Å². The zero-order chi connectivity index (χ0) is 15.4. The fourth-order valence-corrected chi connectivity index (χ4v) is 2.16. The van der Waals surface area contributed by atoms with E-state index in [0.717, 1.165) is 23.6 Å². The Morgan fingerprint density at radius 3 is 2.38 bits per heavy atom. The summed E-state index contributed by atoms with van der Waals surface area (Å²) in [6.45, 7) is 8.24. The second-order valence-electron chi connectivity index (χ2n) is 5.28. The van der Waals surface area contributed by atoms with Crippen molar-refractivity contribution in [2.75, 3.05) is 12.4 Å². The second-order valence-corrected chi connectivity index (χ2v) is 5.28. The minimum Gasteiger partial charge on any atom is -0.439 e. The number of aryl methyl sites for hydroxylation is 1. The van der Waals surface area contributed by atoms with Crippen molar-refractivity contribution in [2.24, 2.45) is 0 Å². The maximum atomic E-state index is 5.91. The van der Waals surface area contributed by atoms with Crippen molar-refractivity contribution in [1.29, 1.82) is 0 Å². The van der Waals surface area contributed by atoms with Gasteiger partial charge in [0.25, 0.3) is 0 Å². The predicted octanol–water partition coefficient (Wildman–Crippen LogP) is 4.44. The van der Waals surface area contributed by atoms with Gasteiger partial charge in [0.15, 0.2) is 0 Å². The van der Waals surface area contributed by atoms with Crippen LogP contribution in [0.3, 0.4) is 0 Å². The first kappa shape index (κ1) is 15.3. The van der Waals surface area contributed by atoms with Gasteiger partial charge in [0.2, 0.25) is 5.88 Å². The number of rotatable bonds is 5. The molecule has 4 nitrogen and oxygen atoms in total. The molecule has 1 heterocycles. The lowest BCUT2D eigenvalue weighted by Gasteiger charge is -2.13. The first-order chi connectivity index (χ1) is 10.0. The van der Waals surface area contributed by atoms with E-state index in [1.54, 1.807) is 0 Å². The van der Waals surface area contributed by atoms with Gasteiger partial charge < -0.3 is 10.1 Å². The summed E-state index contributed by atoms with van der Waals surface area (Å²) in [5.41, 5.74) is 2.24. The third-order valence-corrected chi connectivity index (χ3v) is 3.73. The number of nitrogens with one attached hydrogen (secondary N) is 1. The Morgan fingerprint density at radius 2 is 1.81 bits per heavy atom. The molecular formula is C17H23N3O. The molecule has 4 heteroatoms. The Balaban J connectivity index is 2.24. The number of nitrogens with zero attached hydrogens (tertiary/aromatic N) is 2. The van der Waals surface area contributed by atoms with Crippen LogP contribution in [0.5, 0.6) is 11.6 Å². The molecule has 0 aliphatic rings. The molecule has 1 atom stereocenters. The average molecular weight is 285 g/mol. The Bertz CT molecular complexity index is 608. The highest BCUT2D eigenvalue weighted by molar-refractivity contribution is 5.49. The van der Waals surface area contributed by atoms with Crippen molar-refractivity contribution in [3.63, 3.8) is 0 Å². The van der Waals surface area contributed by atoms with Gasteiger partial charge in [0.1, 0.15) is 17.4 Å². The molecule has 0 amide bonds. The summed E-state index contributed by atoms with van der Waals surface area (Å²) in [7, 11) is 1.85. The number of benzene rings is 1. The number of hydrogen-bond acceptors (Lipinski definition) is 4. The molecule has 0 fully saturated rings. The topological polar surface area (TPSA) is 47.0 Å². The van der Waals surface area contributed by atoms with Gasteiger partial charge in [-0.15, -0.1) is 0 Å². The first-order valence-electron chi connectivity index (χ1n) is 7.36. The van der Waals surface area contributed by atoms with Crippen LogP contribution in [0.2, 0.25) is 0 Å². The van der Waals surface area contributed by atoms with E-state index in [-0.39, 0.29) is 0 Å².